The van der Waals surface area contributed by atoms with Crippen molar-refractivity contribution >= 4 is 11.9 Å². The van der Waals surface area contributed by atoms with Gasteiger partial charge in [-0.2, -0.15) is 5.10 Å². The molecule has 3 aromatic rings. The van der Waals surface area contributed by atoms with Gasteiger partial charge in [-0.15, -0.1) is 0 Å². The van der Waals surface area contributed by atoms with Gasteiger partial charge in [-0.05, 0) is 19.8 Å². The highest BCUT2D eigenvalue weighted by Crippen LogP contribution is 2.46. The van der Waals surface area contributed by atoms with Crippen LogP contribution in [-0.2, 0) is 20.0 Å². The van der Waals surface area contributed by atoms with E-state index in [1.807, 2.05) is 24.7 Å². The number of piperidine rings is 1. The second-order valence-corrected chi connectivity index (χ2v) is 9.18. The van der Waals surface area contributed by atoms with Crippen molar-refractivity contribution < 1.29 is 9.90 Å². The predicted molar refractivity (Wildman–Crippen MR) is 115 cm³/mol. The van der Waals surface area contributed by atoms with Crippen molar-refractivity contribution in [1.29, 1.82) is 0 Å². The SMILES string of the molecule is Cc1nc(N2C[C@@H]3[C@@H](O)[C@@H]3C2)ncc1Cn1cc(C(=O)N[C@@H]2CCc3c2ncn3C)cn1. The molecule has 2 aliphatic carbocycles. The molecular formula is C22H26N8O2. The number of hydrogen-bond donors (Lipinski definition) is 2. The van der Waals surface area contributed by atoms with E-state index in [2.05, 4.69) is 30.3 Å². The number of hydrogen-bond acceptors (Lipinski definition) is 7. The van der Waals surface area contributed by atoms with E-state index in [9.17, 15) is 9.90 Å². The first-order valence-corrected chi connectivity index (χ1v) is 11.1. The fourth-order valence-corrected chi connectivity index (χ4v) is 5.06. The molecule has 0 radical (unpaired) electrons. The summed E-state index contributed by atoms with van der Waals surface area (Å²) in [7, 11) is 1.98. The van der Waals surface area contributed by atoms with E-state index in [0.29, 0.717) is 23.9 Å². The summed E-state index contributed by atoms with van der Waals surface area (Å²) in [6.45, 7) is 4.11. The van der Waals surface area contributed by atoms with E-state index in [4.69, 9.17) is 0 Å². The quantitative estimate of drug-likeness (QED) is 0.605. The highest BCUT2D eigenvalue weighted by Gasteiger charge is 2.55. The molecule has 0 aromatic carbocycles. The molecule has 0 unspecified atom stereocenters. The number of nitrogens with one attached hydrogen (secondary N) is 1. The van der Waals surface area contributed by atoms with Gasteiger partial charge in [0.2, 0.25) is 5.95 Å². The fourth-order valence-electron chi connectivity index (χ4n) is 5.06. The molecule has 1 aliphatic heterocycles. The number of aromatic nitrogens is 6. The number of carbonyl (C=O) groups excluding carboxylic acids is 1. The number of rotatable bonds is 5. The van der Waals surface area contributed by atoms with E-state index in [-0.39, 0.29) is 18.1 Å². The number of amides is 1. The second kappa shape index (κ2) is 7.13. The number of fused-ring (bicyclic) bond motifs is 2. The molecule has 1 saturated carbocycles. The van der Waals surface area contributed by atoms with Gasteiger partial charge in [0, 0.05) is 61.3 Å². The summed E-state index contributed by atoms with van der Waals surface area (Å²) in [5, 5.41) is 17.2. The zero-order valence-corrected chi connectivity index (χ0v) is 18.1. The number of aryl methyl sites for hydroxylation is 2. The van der Waals surface area contributed by atoms with Crippen LogP contribution in [0.3, 0.4) is 0 Å². The molecule has 0 spiro atoms. The molecule has 2 N–H and O–H groups in total. The Morgan fingerprint density at radius 1 is 1.25 bits per heavy atom. The van der Waals surface area contributed by atoms with Gasteiger partial charge in [0.1, 0.15) is 0 Å². The lowest BCUT2D eigenvalue weighted by atomic mass is 10.2. The third-order valence-electron chi connectivity index (χ3n) is 7.12. The zero-order valence-electron chi connectivity index (χ0n) is 18.1. The lowest BCUT2D eigenvalue weighted by Crippen LogP contribution is -2.27. The van der Waals surface area contributed by atoms with Crippen molar-refractivity contribution in [3.05, 3.63) is 53.1 Å². The van der Waals surface area contributed by atoms with Crippen LogP contribution in [-0.4, -0.2) is 59.5 Å². The first kappa shape index (κ1) is 19.4. The van der Waals surface area contributed by atoms with E-state index in [0.717, 1.165) is 48.8 Å². The van der Waals surface area contributed by atoms with Crippen molar-refractivity contribution in [2.45, 2.75) is 38.5 Å². The van der Waals surface area contributed by atoms with Crippen LogP contribution in [0.4, 0.5) is 5.95 Å². The number of imidazole rings is 1. The molecule has 32 heavy (non-hydrogen) atoms. The van der Waals surface area contributed by atoms with E-state index < -0.39 is 0 Å². The summed E-state index contributed by atoms with van der Waals surface area (Å²) in [6, 6.07) is -0.0528. The zero-order chi connectivity index (χ0) is 22.0. The smallest absolute Gasteiger partial charge is 0.255 e. The number of aliphatic hydroxyl groups is 1. The lowest BCUT2D eigenvalue weighted by molar-refractivity contribution is 0.0936. The molecule has 2 fully saturated rings. The molecule has 1 saturated heterocycles. The summed E-state index contributed by atoms with van der Waals surface area (Å²) < 4.78 is 3.76. The molecule has 3 aliphatic rings. The molecule has 4 heterocycles. The Hall–Kier alpha value is -3.27. The largest absolute Gasteiger partial charge is 0.392 e. The second-order valence-electron chi connectivity index (χ2n) is 9.18. The Morgan fingerprint density at radius 2 is 2.06 bits per heavy atom. The molecule has 4 atom stereocenters. The minimum Gasteiger partial charge on any atom is -0.392 e. The summed E-state index contributed by atoms with van der Waals surface area (Å²) in [5.41, 5.74) is 4.53. The van der Waals surface area contributed by atoms with Gasteiger partial charge in [-0.3, -0.25) is 9.48 Å². The molecular weight excluding hydrogens is 408 g/mol. The van der Waals surface area contributed by atoms with Crippen molar-refractivity contribution in [3.8, 4) is 0 Å². The number of carbonyl (C=O) groups is 1. The van der Waals surface area contributed by atoms with E-state index in [1.165, 1.54) is 5.69 Å². The van der Waals surface area contributed by atoms with Gasteiger partial charge in [0.05, 0.1) is 42.5 Å². The van der Waals surface area contributed by atoms with Crippen LogP contribution in [0.25, 0.3) is 0 Å². The molecule has 10 heteroatoms. The summed E-state index contributed by atoms with van der Waals surface area (Å²) in [6.07, 6.45) is 8.63. The van der Waals surface area contributed by atoms with Gasteiger partial charge >= 0.3 is 0 Å². The van der Waals surface area contributed by atoms with Crippen molar-refractivity contribution in [3.63, 3.8) is 0 Å². The normalized spacial score (nSPS) is 25.7. The predicted octanol–water partition coefficient (Wildman–Crippen LogP) is 0.608. The van der Waals surface area contributed by atoms with Crippen LogP contribution in [0.2, 0.25) is 0 Å². The summed E-state index contributed by atoms with van der Waals surface area (Å²) in [4.78, 5) is 28.5. The third-order valence-corrected chi connectivity index (χ3v) is 7.12. The van der Waals surface area contributed by atoms with Crippen LogP contribution in [0, 0.1) is 18.8 Å². The highest BCUT2D eigenvalue weighted by atomic mass is 16.3. The Kier molecular flexibility index (Phi) is 4.32. The molecule has 6 rings (SSSR count). The maximum atomic E-state index is 12.7. The Labute approximate surface area is 185 Å². The Bertz CT molecular complexity index is 1190. The third kappa shape index (κ3) is 3.17. The van der Waals surface area contributed by atoms with Crippen molar-refractivity contribution in [2.75, 3.05) is 18.0 Å². The van der Waals surface area contributed by atoms with Gasteiger partial charge in [0.15, 0.2) is 0 Å². The van der Waals surface area contributed by atoms with Crippen LogP contribution in [0.1, 0.15) is 45.5 Å². The van der Waals surface area contributed by atoms with E-state index in [1.54, 1.807) is 23.4 Å². The first-order chi connectivity index (χ1) is 15.5. The molecule has 10 nitrogen and oxygen atoms in total. The average molecular weight is 435 g/mol. The summed E-state index contributed by atoms with van der Waals surface area (Å²) in [5.74, 6) is 1.33. The molecule has 166 valence electrons. The number of aliphatic hydroxyl groups excluding tert-OH is 1. The summed E-state index contributed by atoms with van der Waals surface area (Å²) >= 11 is 0. The van der Waals surface area contributed by atoms with E-state index >= 15 is 0 Å². The first-order valence-electron chi connectivity index (χ1n) is 11.1. The minimum absolute atomic E-state index is 0.0528. The minimum atomic E-state index is -0.141. The standard InChI is InChI=1S/C22H26N8O2/c1-12-13(5-23-22(26-12)29-9-15-16(10-29)20(15)31)7-30-8-14(6-25-30)21(32)27-17-3-4-18-19(17)24-11-28(18)2/h5-6,8,11,15-17,20,31H,3-4,7,9-10H2,1-2H3,(H,27,32)/t15-,16+,17-,20+/m1/s1. The maximum Gasteiger partial charge on any atom is 0.255 e. The van der Waals surface area contributed by atoms with Crippen LogP contribution in [0.5, 0.6) is 0 Å². The molecule has 3 aromatic heterocycles. The van der Waals surface area contributed by atoms with Crippen molar-refractivity contribution in [2.24, 2.45) is 18.9 Å². The Morgan fingerprint density at radius 3 is 2.84 bits per heavy atom. The van der Waals surface area contributed by atoms with Gasteiger partial charge in [0.25, 0.3) is 5.91 Å². The number of nitrogens with zero attached hydrogens (tertiary/aromatic N) is 7. The van der Waals surface area contributed by atoms with Gasteiger partial charge in [-0.1, -0.05) is 0 Å². The van der Waals surface area contributed by atoms with Crippen LogP contribution >= 0.6 is 0 Å². The molecule has 0 bridgehead atoms. The Balaban J connectivity index is 1.10. The number of anilines is 1. The van der Waals surface area contributed by atoms with Crippen molar-refractivity contribution in [1.82, 2.24) is 34.6 Å². The van der Waals surface area contributed by atoms with Crippen LogP contribution in [0.15, 0.2) is 24.9 Å². The molecule has 1 amide bonds. The monoisotopic (exact) mass is 434 g/mol. The van der Waals surface area contributed by atoms with Gasteiger partial charge in [-0.25, -0.2) is 15.0 Å². The maximum absolute atomic E-state index is 12.7. The lowest BCUT2D eigenvalue weighted by Gasteiger charge is -2.19. The fraction of sp³-hybridized carbons (Fsp3) is 0.500. The van der Waals surface area contributed by atoms with Gasteiger partial charge < -0.3 is 19.9 Å². The topological polar surface area (TPSA) is 114 Å². The highest BCUT2D eigenvalue weighted by molar-refractivity contribution is 5.94. The van der Waals surface area contributed by atoms with Crippen LogP contribution < -0.4 is 10.2 Å². The average Bonchev–Trinajstić information content (AvgIpc) is 3.36.